The zero-order chi connectivity index (χ0) is 21.1. The summed E-state index contributed by atoms with van der Waals surface area (Å²) >= 11 is 0. The molecule has 2 aromatic carbocycles. The van der Waals surface area contributed by atoms with Crippen LogP contribution < -0.4 is 14.5 Å². The number of carbonyl (C=O) groups excluding carboxylic acids is 2. The summed E-state index contributed by atoms with van der Waals surface area (Å²) in [5.74, 6) is -0.564. The first kappa shape index (κ1) is 20.3. The molecule has 6 nitrogen and oxygen atoms in total. The molecule has 30 heavy (non-hydrogen) atoms. The molecule has 156 valence electrons. The van der Waals surface area contributed by atoms with E-state index in [0.717, 1.165) is 12.1 Å². The molecule has 1 fully saturated rings. The Morgan fingerprint density at radius 3 is 2.83 bits per heavy atom. The number of aliphatic imine (C=N–C) groups is 1. The van der Waals surface area contributed by atoms with E-state index in [4.69, 9.17) is 4.74 Å². The lowest BCUT2D eigenvalue weighted by molar-refractivity contribution is -0.908. The molecule has 2 aromatic rings. The molecular weight excluding hydrogens is 378 g/mol. The number of hydrogen-bond donors (Lipinski definition) is 1. The van der Waals surface area contributed by atoms with Crippen molar-refractivity contribution in [3.63, 3.8) is 0 Å². The third-order valence-corrected chi connectivity index (χ3v) is 6.19. The second-order valence-corrected chi connectivity index (χ2v) is 7.86. The summed E-state index contributed by atoms with van der Waals surface area (Å²) in [7, 11) is 1.56. The van der Waals surface area contributed by atoms with Gasteiger partial charge in [-0.25, -0.2) is 4.90 Å². The quantitative estimate of drug-likeness (QED) is 0.590. The number of nitrogens with one attached hydrogen (secondary N) is 1. The third-order valence-electron chi connectivity index (χ3n) is 6.19. The molecule has 0 radical (unpaired) electrons. The van der Waals surface area contributed by atoms with Crippen molar-refractivity contribution in [2.24, 2.45) is 4.99 Å². The number of hydrogen-bond acceptors (Lipinski definition) is 4. The normalized spacial score (nSPS) is 23.8. The Labute approximate surface area is 177 Å². The molecular formula is C24H28N3O3+. The monoisotopic (exact) mass is 406 g/mol. The van der Waals surface area contributed by atoms with Crippen molar-refractivity contribution in [1.29, 1.82) is 0 Å². The van der Waals surface area contributed by atoms with Gasteiger partial charge in [-0.2, -0.15) is 0 Å². The van der Waals surface area contributed by atoms with Crippen LogP contribution in [0.1, 0.15) is 41.6 Å². The molecule has 1 saturated heterocycles. The fourth-order valence-electron chi connectivity index (χ4n) is 4.56. The fourth-order valence-corrected chi connectivity index (χ4v) is 4.56. The second-order valence-electron chi connectivity index (χ2n) is 7.86. The number of amides is 2. The van der Waals surface area contributed by atoms with Gasteiger partial charge in [0.1, 0.15) is 11.8 Å². The van der Waals surface area contributed by atoms with E-state index in [-0.39, 0.29) is 11.8 Å². The summed E-state index contributed by atoms with van der Waals surface area (Å²) < 4.78 is 5.28. The van der Waals surface area contributed by atoms with Gasteiger partial charge in [0.15, 0.2) is 0 Å². The fraction of sp³-hybridized carbons (Fsp3) is 0.375. The minimum absolute atomic E-state index is 0.276. The van der Waals surface area contributed by atoms with Gasteiger partial charge in [0.2, 0.25) is 5.91 Å². The summed E-state index contributed by atoms with van der Waals surface area (Å²) in [6, 6.07) is 14.9. The summed E-state index contributed by atoms with van der Waals surface area (Å²) in [4.78, 5) is 34.1. The number of quaternary nitrogens is 1. The Kier molecular flexibility index (Phi) is 5.95. The first-order chi connectivity index (χ1) is 14.6. The molecule has 0 saturated carbocycles. The van der Waals surface area contributed by atoms with E-state index in [2.05, 4.69) is 11.9 Å². The van der Waals surface area contributed by atoms with E-state index in [0.29, 0.717) is 29.6 Å². The lowest BCUT2D eigenvalue weighted by Gasteiger charge is -2.31. The van der Waals surface area contributed by atoms with E-state index in [1.807, 2.05) is 18.2 Å². The highest BCUT2D eigenvalue weighted by molar-refractivity contribution is 6.29. The maximum atomic E-state index is 13.4. The first-order valence-electron chi connectivity index (χ1n) is 10.6. The molecule has 2 aliphatic rings. The molecule has 0 bridgehead atoms. The zero-order valence-electron chi connectivity index (χ0n) is 17.5. The Hall–Kier alpha value is -2.99. The highest BCUT2D eigenvalue weighted by Gasteiger charge is 2.39. The molecule has 0 aliphatic carbocycles. The third kappa shape index (κ3) is 3.75. The average Bonchev–Trinajstić information content (AvgIpc) is 3.24. The number of likely N-dealkylation sites (tertiary alicyclic amines) is 1. The average molecular weight is 407 g/mol. The van der Waals surface area contributed by atoms with Crippen LogP contribution >= 0.6 is 0 Å². The zero-order valence-corrected chi connectivity index (χ0v) is 17.5. The van der Waals surface area contributed by atoms with E-state index in [9.17, 15) is 9.59 Å². The van der Waals surface area contributed by atoms with Gasteiger partial charge >= 0.3 is 0 Å². The van der Waals surface area contributed by atoms with Crippen LogP contribution in [0.4, 0.5) is 5.69 Å². The largest absolute Gasteiger partial charge is 0.497 e. The Morgan fingerprint density at radius 1 is 1.20 bits per heavy atom. The summed E-state index contributed by atoms with van der Waals surface area (Å²) in [6.45, 7) is 5.21. The van der Waals surface area contributed by atoms with E-state index in [1.165, 1.54) is 24.3 Å². The smallest absolute Gasteiger partial charge is 0.265 e. The molecule has 2 unspecified atom stereocenters. The number of benzene rings is 2. The second kappa shape index (κ2) is 8.79. The highest BCUT2D eigenvalue weighted by Crippen LogP contribution is 2.33. The number of imide groups is 1. The van der Waals surface area contributed by atoms with Gasteiger partial charge in [0, 0.05) is 30.7 Å². The van der Waals surface area contributed by atoms with Crippen LogP contribution in [-0.4, -0.2) is 50.8 Å². The van der Waals surface area contributed by atoms with Gasteiger partial charge in [0.05, 0.1) is 38.3 Å². The molecule has 1 N–H and O–H groups in total. The van der Waals surface area contributed by atoms with Crippen LogP contribution in [-0.2, 0) is 4.79 Å². The number of carbonyl (C=O) groups is 2. The molecule has 4 rings (SSSR count). The standard InChI is InChI=1S/C24H27N3O3/c1-3-26-13-7-9-18(26)15-25-16-22-20-11-4-5-12-21(20)23(28)27(24(22)29)17-8-6-10-19(14-17)30-2/h4-6,8,10-12,14,16,18,22H,3,7,9,13,15H2,1-2H3/p+1/t18-,22?/m0/s1. The predicted octanol–water partition coefficient (Wildman–Crippen LogP) is 2.10. The van der Waals surface area contributed by atoms with Crippen molar-refractivity contribution in [2.75, 3.05) is 31.6 Å². The predicted molar refractivity (Wildman–Crippen MR) is 117 cm³/mol. The van der Waals surface area contributed by atoms with Gasteiger partial charge in [-0.15, -0.1) is 0 Å². The Morgan fingerprint density at radius 2 is 2.03 bits per heavy atom. The van der Waals surface area contributed by atoms with Gasteiger partial charge in [0.25, 0.3) is 5.91 Å². The van der Waals surface area contributed by atoms with Crippen LogP contribution in [0.3, 0.4) is 0 Å². The molecule has 0 spiro atoms. The summed E-state index contributed by atoms with van der Waals surface area (Å²) in [6.07, 6.45) is 4.14. The van der Waals surface area contributed by atoms with Crippen LogP contribution in [0.5, 0.6) is 5.75 Å². The molecule has 6 heteroatoms. The number of nitrogens with zero attached hydrogens (tertiary/aromatic N) is 2. The van der Waals surface area contributed by atoms with Crippen molar-refractivity contribution in [2.45, 2.75) is 31.7 Å². The van der Waals surface area contributed by atoms with Crippen LogP contribution in [0.15, 0.2) is 53.5 Å². The van der Waals surface area contributed by atoms with Crippen LogP contribution in [0.2, 0.25) is 0 Å². The molecule has 0 aromatic heterocycles. The van der Waals surface area contributed by atoms with E-state index in [1.54, 1.807) is 48.6 Å². The minimum atomic E-state index is -0.573. The molecule has 2 aliphatic heterocycles. The van der Waals surface area contributed by atoms with Crippen LogP contribution in [0, 0.1) is 0 Å². The van der Waals surface area contributed by atoms with E-state index >= 15 is 0 Å². The van der Waals surface area contributed by atoms with Crippen molar-refractivity contribution in [3.05, 3.63) is 59.7 Å². The molecule has 2 amide bonds. The Balaban J connectivity index is 1.65. The summed E-state index contributed by atoms with van der Waals surface area (Å²) in [5.41, 5.74) is 1.77. The summed E-state index contributed by atoms with van der Waals surface area (Å²) in [5, 5.41) is 0. The van der Waals surface area contributed by atoms with Crippen LogP contribution in [0.25, 0.3) is 0 Å². The topological polar surface area (TPSA) is 63.4 Å². The number of likely N-dealkylation sites (N-methyl/N-ethyl adjacent to an activating group) is 1. The number of fused-ring (bicyclic) bond motifs is 1. The van der Waals surface area contributed by atoms with Crippen molar-refractivity contribution in [1.82, 2.24) is 0 Å². The first-order valence-corrected chi connectivity index (χ1v) is 10.6. The minimum Gasteiger partial charge on any atom is -0.497 e. The van der Waals surface area contributed by atoms with Gasteiger partial charge < -0.3 is 9.64 Å². The highest BCUT2D eigenvalue weighted by atomic mass is 16.5. The SMILES string of the molecule is CC[NH+]1CCC[C@H]1CN=CC1C(=O)N(c2cccc(OC)c2)C(=O)c2ccccc21. The maximum Gasteiger partial charge on any atom is 0.265 e. The number of ether oxygens (including phenoxy) is 1. The lowest BCUT2D eigenvalue weighted by atomic mass is 9.89. The van der Waals surface area contributed by atoms with Crippen molar-refractivity contribution in [3.8, 4) is 5.75 Å². The van der Waals surface area contributed by atoms with Gasteiger partial charge in [-0.3, -0.25) is 14.6 Å². The van der Waals surface area contributed by atoms with E-state index < -0.39 is 5.92 Å². The van der Waals surface area contributed by atoms with Crippen molar-refractivity contribution >= 4 is 23.7 Å². The maximum absolute atomic E-state index is 13.4. The number of rotatable bonds is 6. The molecule has 3 atom stereocenters. The van der Waals surface area contributed by atoms with Gasteiger partial charge in [-0.1, -0.05) is 24.3 Å². The number of methoxy groups -OCH3 is 1. The Bertz CT molecular complexity index is 972. The lowest BCUT2D eigenvalue weighted by Crippen LogP contribution is -3.13. The van der Waals surface area contributed by atoms with Crippen molar-refractivity contribution < 1.29 is 19.2 Å². The molecule has 2 heterocycles. The van der Waals surface area contributed by atoms with Gasteiger partial charge in [-0.05, 0) is 30.7 Å². The number of anilines is 1.